The van der Waals surface area contributed by atoms with Gasteiger partial charge in [-0.2, -0.15) is 4.57 Å². The summed E-state index contributed by atoms with van der Waals surface area (Å²) < 4.78 is 13.3. The predicted octanol–water partition coefficient (Wildman–Crippen LogP) is 0.248. The van der Waals surface area contributed by atoms with Gasteiger partial charge in [0, 0.05) is 17.4 Å². The first kappa shape index (κ1) is 14.9. The monoisotopic (exact) mass is 315 g/mol. The molecule has 0 unspecified atom stereocenters. The maximum atomic E-state index is 5.46. The molecule has 4 heteroatoms. The van der Waals surface area contributed by atoms with E-state index in [1.165, 1.54) is 33.7 Å². The lowest BCUT2D eigenvalue weighted by atomic mass is 9.97. The Kier molecular flexibility index (Phi) is 3.83. The van der Waals surface area contributed by atoms with Gasteiger partial charge >= 0.3 is 0 Å². The quantitative estimate of drug-likeness (QED) is 0.500. The summed E-state index contributed by atoms with van der Waals surface area (Å²) >= 11 is 0. The van der Waals surface area contributed by atoms with E-state index in [4.69, 9.17) is 9.47 Å². The van der Waals surface area contributed by atoms with E-state index in [9.17, 15) is 0 Å². The summed E-state index contributed by atoms with van der Waals surface area (Å²) in [5, 5.41) is 3.72. The number of aromatic nitrogens is 1. The van der Waals surface area contributed by atoms with Gasteiger partial charge in [0.25, 0.3) is 0 Å². The molecule has 3 aromatic rings. The molecule has 114 valence electrons. The summed E-state index contributed by atoms with van der Waals surface area (Å²) in [4.78, 5) is 0. The van der Waals surface area contributed by atoms with E-state index < -0.39 is 0 Å². The van der Waals surface area contributed by atoms with Crippen molar-refractivity contribution < 1.29 is 26.4 Å². The second kappa shape index (κ2) is 5.65. The minimum absolute atomic E-state index is 0. The molecule has 0 aliphatic carbocycles. The van der Waals surface area contributed by atoms with Crippen molar-refractivity contribution in [3.63, 3.8) is 0 Å². The second-order valence-electron chi connectivity index (χ2n) is 5.53. The van der Waals surface area contributed by atoms with Crippen LogP contribution in [0.4, 0.5) is 0 Å². The predicted molar refractivity (Wildman–Crippen MR) is 83.1 cm³/mol. The average Bonchev–Trinajstić information content (AvgIpc) is 2.54. The maximum Gasteiger partial charge on any atom is 0.216 e. The van der Waals surface area contributed by atoms with Crippen LogP contribution < -0.4 is 26.4 Å². The fraction of sp³-hybridized carbons (Fsp3) is 0.278. The third kappa shape index (κ3) is 2.08. The summed E-state index contributed by atoms with van der Waals surface area (Å²) in [5.41, 5.74) is 2.80. The summed E-state index contributed by atoms with van der Waals surface area (Å²) in [5.74, 6) is 1.57. The minimum atomic E-state index is 0. The molecule has 2 aromatic carbocycles. The van der Waals surface area contributed by atoms with Crippen molar-refractivity contribution >= 4 is 21.7 Å². The molecule has 0 N–H and O–H groups in total. The van der Waals surface area contributed by atoms with E-state index in [1.807, 2.05) is 0 Å². The second-order valence-corrected chi connectivity index (χ2v) is 5.53. The fourth-order valence-electron chi connectivity index (χ4n) is 3.43. The molecule has 0 radical (unpaired) electrons. The number of ether oxygens (including phenoxy) is 2. The molecule has 1 aromatic heterocycles. The molecular weight excluding hydrogens is 298 g/mol. The molecule has 0 fully saturated rings. The van der Waals surface area contributed by atoms with Gasteiger partial charge in [-0.3, -0.25) is 0 Å². The smallest absolute Gasteiger partial charge is 0.216 e. The Bertz CT molecular complexity index is 861. The van der Waals surface area contributed by atoms with E-state index in [-0.39, 0.29) is 12.4 Å². The van der Waals surface area contributed by atoms with Crippen LogP contribution in [0.1, 0.15) is 12.0 Å². The Balaban J connectivity index is 0.00000144. The number of pyridine rings is 1. The van der Waals surface area contributed by atoms with Crippen LogP contribution in [0.2, 0.25) is 0 Å². The molecule has 4 rings (SSSR count). The van der Waals surface area contributed by atoms with E-state index in [2.05, 4.69) is 41.1 Å². The van der Waals surface area contributed by atoms with Crippen LogP contribution in [-0.2, 0) is 13.0 Å². The first-order chi connectivity index (χ1) is 10.3. The van der Waals surface area contributed by atoms with Gasteiger partial charge in [0.05, 0.1) is 25.0 Å². The van der Waals surface area contributed by atoms with Crippen molar-refractivity contribution in [2.24, 2.45) is 0 Å². The number of benzene rings is 2. The molecule has 3 nitrogen and oxygen atoms in total. The Hall–Kier alpha value is -2.00. The van der Waals surface area contributed by atoms with Gasteiger partial charge in [-0.25, -0.2) is 0 Å². The number of para-hydroxylation sites is 1. The highest BCUT2D eigenvalue weighted by Crippen LogP contribution is 2.35. The maximum absolute atomic E-state index is 5.46. The van der Waals surface area contributed by atoms with Crippen LogP contribution in [0.25, 0.3) is 21.7 Å². The molecule has 0 atom stereocenters. The number of nitrogens with zero attached hydrogens (tertiary/aromatic N) is 1. The van der Waals surface area contributed by atoms with Gasteiger partial charge in [0.2, 0.25) is 5.52 Å². The van der Waals surface area contributed by atoms with Crippen LogP contribution in [0.3, 0.4) is 0 Å². The molecule has 0 spiro atoms. The van der Waals surface area contributed by atoms with Crippen molar-refractivity contribution in [2.45, 2.75) is 19.4 Å². The SMILES string of the molecule is COc1cc2c[n+]3c4c(cccc4c2cc1OC)CCC3.[Cl-]. The Morgan fingerprint density at radius 2 is 1.77 bits per heavy atom. The van der Waals surface area contributed by atoms with Gasteiger partial charge in [-0.15, -0.1) is 0 Å². The number of fused-ring (bicyclic) bond motifs is 2. The van der Waals surface area contributed by atoms with E-state index >= 15 is 0 Å². The van der Waals surface area contributed by atoms with Gasteiger partial charge < -0.3 is 21.9 Å². The zero-order valence-electron chi connectivity index (χ0n) is 12.7. The molecule has 0 saturated carbocycles. The van der Waals surface area contributed by atoms with Gasteiger partial charge in [0.1, 0.15) is 6.54 Å². The lowest BCUT2D eigenvalue weighted by molar-refractivity contribution is -0.673. The molecule has 2 heterocycles. The van der Waals surface area contributed by atoms with Crippen molar-refractivity contribution in [1.29, 1.82) is 0 Å². The molecule has 1 aliphatic heterocycles. The normalized spacial score (nSPS) is 13.0. The van der Waals surface area contributed by atoms with Gasteiger partial charge in [0.15, 0.2) is 17.7 Å². The topological polar surface area (TPSA) is 22.3 Å². The zero-order valence-corrected chi connectivity index (χ0v) is 13.5. The number of rotatable bonds is 2. The average molecular weight is 316 g/mol. The largest absolute Gasteiger partial charge is 1.00 e. The summed E-state index contributed by atoms with van der Waals surface area (Å²) in [7, 11) is 3.36. The van der Waals surface area contributed by atoms with Crippen molar-refractivity contribution in [3.8, 4) is 11.5 Å². The Morgan fingerprint density at radius 1 is 1.00 bits per heavy atom. The highest BCUT2D eigenvalue weighted by atomic mass is 35.5. The minimum Gasteiger partial charge on any atom is -1.00 e. The van der Waals surface area contributed by atoms with Crippen LogP contribution in [-0.4, -0.2) is 14.2 Å². The van der Waals surface area contributed by atoms with Gasteiger partial charge in [-0.05, 0) is 24.6 Å². The van der Waals surface area contributed by atoms with Crippen LogP contribution in [0, 0.1) is 0 Å². The zero-order chi connectivity index (χ0) is 14.4. The molecule has 1 aliphatic rings. The number of aryl methyl sites for hydroxylation is 2. The fourth-order valence-corrected chi connectivity index (χ4v) is 3.43. The van der Waals surface area contributed by atoms with Crippen molar-refractivity contribution in [1.82, 2.24) is 0 Å². The lowest BCUT2D eigenvalue weighted by Gasteiger charge is -2.15. The first-order valence-electron chi connectivity index (χ1n) is 7.31. The summed E-state index contributed by atoms with van der Waals surface area (Å²) in [6.45, 7) is 1.08. The summed E-state index contributed by atoms with van der Waals surface area (Å²) in [6, 6.07) is 10.8. The molecule has 0 bridgehead atoms. The Labute approximate surface area is 135 Å². The number of methoxy groups -OCH3 is 2. The number of hydrogen-bond donors (Lipinski definition) is 0. The highest BCUT2D eigenvalue weighted by molar-refractivity contribution is 6.06. The Morgan fingerprint density at radius 3 is 2.55 bits per heavy atom. The molecule has 0 amide bonds. The van der Waals surface area contributed by atoms with Crippen LogP contribution in [0.15, 0.2) is 36.5 Å². The third-order valence-corrected chi connectivity index (χ3v) is 4.39. The van der Waals surface area contributed by atoms with Crippen molar-refractivity contribution in [3.05, 3.63) is 42.1 Å². The first-order valence-corrected chi connectivity index (χ1v) is 7.31. The third-order valence-electron chi connectivity index (χ3n) is 4.39. The van der Waals surface area contributed by atoms with Gasteiger partial charge in [-0.1, -0.05) is 12.1 Å². The molecule has 0 saturated heterocycles. The van der Waals surface area contributed by atoms with Crippen molar-refractivity contribution in [2.75, 3.05) is 14.2 Å². The van der Waals surface area contributed by atoms with E-state index in [1.54, 1.807) is 14.2 Å². The van der Waals surface area contributed by atoms with E-state index in [0.717, 1.165) is 24.5 Å². The molecule has 22 heavy (non-hydrogen) atoms. The standard InChI is InChI=1S/C18H18NO2.ClH/c1-20-16-9-13-11-19-8-4-6-12-5-3-7-14(18(12)19)15(13)10-17(16)21-2;/h3,5,7,9-11H,4,6,8H2,1-2H3;1H/q+1;/p-1. The highest BCUT2D eigenvalue weighted by Gasteiger charge is 2.22. The number of halogens is 1. The lowest BCUT2D eigenvalue weighted by Crippen LogP contribution is -3.00. The summed E-state index contributed by atoms with van der Waals surface area (Å²) in [6.07, 6.45) is 4.61. The van der Waals surface area contributed by atoms with Crippen LogP contribution >= 0.6 is 0 Å². The van der Waals surface area contributed by atoms with Crippen LogP contribution in [0.5, 0.6) is 11.5 Å². The molecular formula is C18H18ClNO2. The number of hydrogen-bond acceptors (Lipinski definition) is 2. The van der Waals surface area contributed by atoms with E-state index in [0.29, 0.717) is 0 Å².